The number of alkyl halides is 3. The molecule has 0 aliphatic carbocycles. The highest BCUT2D eigenvalue weighted by atomic mass is 35.5. The van der Waals surface area contributed by atoms with Crippen molar-refractivity contribution in [1.82, 2.24) is 5.32 Å². The third-order valence-corrected chi connectivity index (χ3v) is 3.00. The van der Waals surface area contributed by atoms with Gasteiger partial charge in [0.15, 0.2) is 0 Å². The van der Waals surface area contributed by atoms with Crippen molar-refractivity contribution in [2.45, 2.75) is 32.0 Å². The van der Waals surface area contributed by atoms with Crippen LogP contribution in [0.3, 0.4) is 0 Å². The van der Waals surface area contributed by atoms with Crippen molar-refractivity contribution in [3.63, 3.8) is 0 Å². The standard InChI is InChI=1S/C14H19ClF3NO/c1-2-19-10-13(11-4-6-12(15)7-5-11)20-9-3-8-14(16,17)18/h4-7,13,19H,2-3,8-10H2,1H3. The Balaban J connectivity index is 2.49. The van der Waals surface area contributed by atoms with Crippen LogP contribution in [0.2, 0.25) is 5.02 Å². The molecule has 6 heteroatoms. The molecule has 0 spiro atoms. The molecule has 1 N–H and O–H groups in total. The zero-order valence-corrected chi connectivity index (χ0v) is 12.1. The minimum atomic E-state index is -4.12. The Bertz CT molecular complexity index is 381. The Morgan fingerprint density at radius 2 is 1.90 bits per heavy atom. The predicted molar refractivity (Wildman–Crippen MR) is 74.0 cm³/mol. The van der Waals surface area contributed by atoms with E-state index in [0.717, 1.165) is 12.1 Å². The molecule has 1 rings (SSSR count). The first-order chi connectivity index (χ1) is 9.42. The van der Waals surface area contributed by atoms with E-state index in [2.05, 4.69) is 5.32 Å². The molecule has 0 bridgehead atoms. The average Bonchev–Trinajstić information content (AvgIpc) is 2.38. The average molecular weight is 310 g/mol. The molecule has 1 aromatic rings. The summed E-state index contributed by atoms with van der Waals surface area (Å²) in [5.41, 5.74) is 0.905. The molecule has 0 heterocycles. The summed E-state index contributed by atoms with van der Waals surface area (Å²) in [6, 6.07) is 7.14. The molecule has 0 amide bonds. The molecule has 0 fully saturated rings. The Morgan fingerprint density at radius 1 is 1.25 bits per heavy atom. The van der Waals surface area contributed by atoms with Gasteiger partial charge in [-0.05, 0) is 30.7 Å². The van der Waals surface area contributed by atoms with Crippen LogP contribution in [-0.2, 0) is 4.74 Å². The summed E-state index contributed by atoms with van der Waals surface area (Å²) in [4.78, 5) is 0. The highest BCUT2D eigenvalue weighted by Crippen LogP contribution is 2.23. The van der Waals surface area contributed by atoms with E-state index in [1.54, 1.807) is 12.1 Å². The Morgan fingerprint density at radius 3 is 2.45 bits per heavy atom. The molecule has 114 valence electrons. The van der Waals surface area contributed by atoms with Crippen LogP contribution in [0.5, 0.6) is 0 Å². The van der Waals surface area contributed by atoms with Crippen LogP contribution in [0.15, 0.2) is 24.3 Å². The Kier molecular flexibility index (Phi) is 7.34. The van der Waals surface area contributed by atoms with Crippen LogP contribution in [0.1, 0.15) is 31.4 Å². The van der Waals surface area contributed by atoms with Crippen molar-refractivity contribution in [2.75, 3.05) is 19.7 Å². The summed E-state index contributed by atoms with van der Waals surface area (Å²) in [6.07, 6.45) is -5.23. The van der Waals surface area contributed by atoms with Crippen molar-refractivity contribution in [2.24, 2.45) is 0 Å². The number of ether oxygens (including phenoxy) is 1. The van der Waals surface area contributed by atoms with Gasteiger partial charge in [0.2, 0.25) is 0 Å². The topological polar surface area (TPSA) is 21.3 Å². The summed E-state index contributed by atoms with van der Waals surface area (Å²) in [5.74, 6) is 0. The molecule has 0 saturated heterocycles. The molecule has 0 aliphatic heterocycles. The molecule has 1 atom stereocenters. The zero-order valence-electron chi connectivity index (χ0n) is 11.3. The molecule has 1 unspecified atom stereocenters. The number of hydrogen-bond acceptors (Lipinski definition) is 2. The van der Waals surface area contributed by atoms with Gasteiger partial charge in [-0.25, -0.2) is 0 Å². The molecule has 0 saturated carbocycles. The van der Waals surface area contributed by atoms with Crippen LogP contribution < -0.4 is 5.32 Å². The van der Waals surface area contributed by atoms with Gasteiger partial charge >= 0.3 is 6.18 Å². The van der Waals surface area contributed by atoms with E-state index < -0.39 is 12.6 Å². The van der Waals surface area contributed by atoms with Gasteiger partial charge in [-0.15, -0.1) is 0 Å². The molecule has 1 aromatic carbocycles. The van der Waals surface area contributed by atoms with E-state index in [1.165, 1.54) is 0 Å². The van der Waals surface area contributed by atoms with Gasteiger partial charge in [0.05, 0.1) is 6.10 Å². The fraction of sp³-hybridized carbons (Fsp3) is 0.571. The lowest BCUT2D eigenvalue weighted by molar-refractivity contribution is -0.138. The lowest BCUT2D eigenvalue weighted by Crippen LogP contribution is -2.23. The molecule has 0 aliphatic rings. The number of benzene rings is 1. The summed E-state index contributed by atoms with van der Waals surface area (Å²) in [5, 5.41) is 3.76. The van der Waals surface area contributed by atoms with E-state index in [4.69, 9.17) is 16.3 Å². The molecular formula is C14H19ClF3NO. The van der Waals surface area contributed by atoms with Gasteiger partial charge in [0.1, 0.15) is 0 Å². The SMILES string of the molecule is CCNCC(OCCCC(F)(F)F)c1ccc(Cl)cc1. The number of likely N-dealkylation sites (N-methyl/N-ethyl adjacent to an activating group) is 1. The molecule has 2 nitrogen and oxygen atoms in total. The van der Waals surface area contributed by atoms with E-state index in [0.29, 0.717) is 11.6 Å². The van der Waals surface area contributed by atoms with Gasteiger partial charge < -0.3 is 10.1 Å². The largest absolute Gasteiger partial charge is 0.389 e. The maximum Gasteiger partial charge on any atom is 0.389 e. The second kappa shape index (κ2) is 8.49. The predicted octanol–water partition coefficient (Wildman–Crippen LogP) is 4.35. The van der Waals surface area contributed by atoms with Gasteiger partial charge in [-0.2, -0.15) is 13.2 Å². The normalized spacial score (nSPS) is 13.4. The molecular weight excluding hydrogens is 291 g/mol. The van der Waals surface area contributed by atoms with Crippen LogP contribution in [0.4, 0.5) is 13.2 Å². The number of nitrogens with one attached hydrogen (secondary N) is 1. The van der Waals surface area contributed by atoms with E-state index in [-0.39, 0.29) is 19.1 Å². The number of hydrogen-bond donors (Lipinski definition) is 1. The van der Waals surface area contributed by atoms with Gasteiger partial charge in [-0.1, -0.05) is 30.7 Å². The molecule has 20 heavy (non-hydrogen) atoms. The van der Waals surface area contributed by atoms with Crippen molar-refractivity contribution in [1.29, 1.82) is 0 Å². The van der Waals surface area contributed by atoms with Crippen LogP contribution in [0, 0.1) is 0 Å². The summed E-state index contributed by atoms with van der Waals surface area (Å²) in [7, 11) is 0. The maximum absolute atomic E-state index is 12.1. The van der Waals surface area contributed by atoms with Crippen molar-refractivity contribution in [3.8, 4) is 0 Å². The zero-order chi connectivity index (χ0) is 15.0. The summed E-state index contributed by atoms with van der Waals surface area (Å²) in [6.45, 7) is 3.38. The lowest BCUT2D eigenvalue weighted by atomic mass is 10.1. The number of rotatable bonds is 8. The van der Waals surface area contributed by atoms with Crippen LogP contribution in [0.25, 0.3) is 0 Å². The second-order valence-corrected chi connectivity index (χ2v) is 4.87. The van der Waals surface area contributed by atoms with Gasteiger partial charge in [0.25, 0.3) is 0 Å². The first-order valence-corrected chi connectivity index (χ1v) is 6.94. The van der Waals surface area contributed by atoms with Gasteiger partial charge in [-0.3, -0.25) is 0 Å². The summed E-state index contributed by atoms with van der Waals surface area (Å²) < 4.78 is 41.8. The van der Waals surface area contributed by atoms with Gasteiger partial charge in [0, 0.05) is 24.6 Å². The summed E-state index contributed by atoms with van der Waals surface area (Å²) >= 11 is 5.82. The highest BCUT2D eigenvalue weighted by molar-refractivity contribution is 6.30. The first-order valence-electron chi connectivity index (χ1n) is 6.57. The molecule has 0 radical (unpaired) electrons. The minimum absolute atomic E-state index is 0.0281. The third-order valence-electron chi connectivity index (χ3n) is 2.75. The van der Waals surface area contributed by atoms with Crippen molar-refractivity contribution >= 4 is 11.6 Å². The van der Waals surface area contributed by atoms with Crippen molar-refractivity contribution in [3.05, 3.63) is 34.9 Å². The Hall–Kier alpha value is -0.780. The molecule has 0 aromatic heterocycles. The van der Waals surface area contributed by atoms with E-state index in [1.807, 2.05) is 19.1 Å². The quantitative estimate of drug-likeness (QED) is 0.721. The maximum atomic E-state index is 12.1. The van der Waals surface area contributed by atoms with Crippen molar-refractivity contribution < 1.29 is 17.9 Å². The van der Waals surface area contributed by atoms with E-state index >= 15 is 0 Å². The third kappa shape index (κ3) is 7.12. The monoisotopic (exact) mass is 309 g/mol. The van der Waals surface area contributed by atoms with E-state index in [9.17, 15) is 13.2 Å². The Labute approximate surface area is 122 Å². The fourth-order valence-corrected chi connectivity index (χ4v) is 1.85. The first kappa shape index (κ1) is 17.3. The van der Waals surface area contributed by atoms with Crippen LogP contribution in [-0.4, -0.2) is 25.9 Å². The highest BCUT2D eigenvalue weighted by Gasteiger charge is 2.26. The van der Waals surface area contributed by atoms with Crippen LogP contribution >= 0.6 is 11.6 Å². The minimum Gasteiger partial charge on any atom is -0.372 e. The second-order valence-electron chi connectivity index (χ2n) is 4.44. The fourth-order valence-electron chi connectivity index (χ4n) is 1.72. The lowest BCUT2D eigenvalue weighted by Gasteiger charge is -2.19. The number of halogens is 4. The smallest absolute Gasteiger partial charge is 0.372 e.